The number of thioether (sulfide) groups is 1. The number of carboxylic acid groups (broad SMARTS) is 1. The lowest BCUT2D eigenvalue weighted by molar-refractivity contribution is -0.119. The zero-order valence-electron chi connectivity index (χ0n) is 19.4. The van der Waals surface area contributed by atoms with Crippen LogP contribution in [0.1, 0.15) is 17.5 Å². The molecule has 1 unspecified atom stereocenters. The number of hydrogen-bond acceptors (Lipinski definition) is 7. The van der Waals surface area contributed by atoms with Crippen LogP contribution in [0.15, 0.2) is 74.9 Å². The first kappa shape index (κ1) is 25.6. The second-order valence-corrected chi connectivity index (χ2v) is 10.7. The topological polar surface area (TPSA) is 88.1 Å². The molecule has 192 valence electrons. The molecule has 0 saturated carbocycles. The Balaban J connectivity index is 1.55. The van der Waals surface area contributed by atoms with Crippen LogP contribution in [0.5, 0.6) is 0 Å². The van der Waals surface area contributed by atoms with E-state index >= 15 is 0 Å². The Morgan fingerprint density at radius 1 is 1.16 bits per heavy atom. The average molecular weight is 561 g/mol. The Bertz CT molecular complexity index is 1340. The third-order valence-electron chi connectivity index (χ3n) is 6.28. The Hall–Kier alpha value is -3.05. The van der Waals surface area contributed by atoms with Crippen LogP contribution in [0.25, 0.3) is 0 Å². The molecule has 7 nitrogen and oxygen atoms in total. The molecule has 2 aliphatic rings. The molecule has 3 heterocycles. The van der Waals surface area contributed by atoms with Crippen LogP contribution in [0.4, 0.5) is 14.9 Å². The van der Waals surface area contributed by atoms with E-state index in [2.05, 4.69) is 10.2 Å². The van der Waals surface area contributed by atoms with Gasteiger partial charge >= 0.3 is 6.16 Å². The van der Waals surface area contributed by atoms with Gasteiger partial charge in [-0.15, -0.1) is 0 Å². The summed E-state index contributed by atoms with van der Waals surface area (Å²) in [7, 11) is 0. The van der Waals surface area contributed by atoms with Gasteiger partial charge in [0.05, 0.1) is 23.8 Å². The van der Waals surface area contributed by atoms with Gasteiger partial charge < -0.3 is 24.8 Å². The van der Waals surface area contributed by atoms with Gasteiger partial charge in [0.1, 0.15) is 16.5 Å². The van der Waals surface area contributed by atoms with Crippen LogP contribution in [0, 0.1) is 5.82 Å². The second-order valence-electron chi connectivity index (χ2n) is 8.49. The molecule has 1 fully saturated rings. The monoisotopic (exact) mass is 560 g/mol. The van der Waals surface area contributed by atoms with E-state index in [0.717, 1.165) is 47.7 Å². The number of anilines is 1. The first-order chi connectivity index (χ1) is 17.9. The summed E-state index contributed by atoms with van der Waals surface area (Å²) in [6.45, 7) is 2.90. The predicted octanol–water partition coefficient (Wildman–Crippen LogP) is 5.84. The van der Waals surface area contributed by atoms with Gasteiger partial charge in [-0.05, 0) is 58.3 Å². The molecule has 2 N–H and O–H groups in total. The maximum atomic E-state index is 13.6. The number of ether oxygens (including phenoxy) is 2. The molecule has 0 spiro atoms. The van der Waals surface area contributed by atoms with E-state index in [1.165, 1.54) is 23.5 Å². The first-order valence-electron chi connectivity index (χ1n) is 11.4. The molecule has 1 aromatic heterocycles. The van der Waals surface area contributed by atoms with Gasteiger partial charge in [-0.2, -0.15) is 11.3 Å². The molecule has 1 amide bonds. The number of hydrogen-bond donors (Lipinski definition) is 2. The Morgan fingerprint density at radius 3 is 2.57 bits per heavy atom. The lowest BCUT2D eigenvalue weighted by atomic mass is 9.79. The van der Waals surface area contributed by atoms with Gasteiger partial charge in [0.15, 0.2) is 0 Å². The summed E-state index contributed by atoms with van der Waals surface area (Å²) >= 11 is 8.59. The van der Waals surface area contributed by atoms with E-state index in [9.17, 15) is 19.1 Å². The molecule has 2 aromatic carbocycles. The molecule has 5 rings (SSSR count). The normalized spacial score (nSPS) is 20.1. The number of amides is 1. The van der Waals surface area contributed by atoms with Crippen molar-refractivity contribution >= 4 is 52.4 Å². The van der Waals surface area contributed by atoms with E-state index < -0.39 is 23.4 Å². The van der Waals surface area contributed by atoms with Crippen molar-refractivity contribution in [3.05, 3.63) is 91.9 Å². The minimum Gasteiger partial charge on any atom is -0.449 e. The highest BCUT2D eigenvalue weighted by molar-refractivity contribution is 8.04. The lowest BCUT2D eigenvalue weighted by Crippen LogP contribution is -2.50. The first-order valence-corrected chi connectivity index (χ1v) is 13.5. The summed E-state index contributed by atoms with van der Waals surface area (Å²) in [6.07, 6.45) is -1.48. The van der Waals surface area contributed by atoms with Crippen molar-refractivity contribution in [2.45, 2.75) is 16.9 Å². The number of benzene rings is 2. The molecule has 1 atom stereocenters. The van der Waals surface area contributed by atoms with Gasteiger partial charge in [-0.3, -0.25) is 4.79 Å². The van der Waals surface area contributed by atoms with Crippen molar-refractivity contribution in [2.24, 2.45) is 0 Å². The summed E-state index contributed by atoms with van der Waals surface area (Å²) < 4.78 is 24.2. The van der Waals surface area contributed by atoms with Crippen LogP contribution < -0.4 is 10.2 Å². The smallest absolute Gasteiger partial charge is 0.449 e. The SMILES string of the molecule is O=C(O)OC1=C(Sc2ccc(F)cc2Cl)C(=O)NC(c2ccc(N3CCOCC3)cc2)(c2ccsc2)C1. The van der Waals surface area contributed by atoms with E-state index in [-0.39, 0.29) is 22.1 Å². The quantitative estimate of drug-likeness (QED) is 0.366. The van der Waals surface area contributed by atoms with Crippen LogP contribution in [0.3, 0.4) is 0 Å². The van der Waals surface area contributed by atoms with Crippen molar-refractivity contribution < 1.29 is 28.6 Å². The number of rotatable bonds is 6. The van der Waals surface area contributed by atoms with Gasteiger partial charge in [0.25, 0.3) is 5.91 Å². The standard InChI is InChI=1S/C26H22ClFN2O5S2/c27-20-13-18(28)3-6-22(20)37-23-21(35-25(32)33)14-26(29-24(23)31,17-7-12-36-15-17)16-1-4-19(5-2-16)30-8-10-34-11-9-30/h1-7,12-13,15H,8-11,14H2,(H,29,31)(H,32,33). The zero-order valence-corrected chi connectivity index (χ0v) is 21.8. The number of nitrogens with one attached hydrogen (secondary N) is 1. The maximum Gasteiger partial charge on any atom is 0.511 e. The molecule has 37 heavy (non-hydrogen) atoms. The Labute approximate surface area is 225 Å². The summed E-state index contributed by atoms with van der Waals surface area (Å²) in [4.78, 5) is 27.9. The van der Waals surface area contributed by atoms with E-state index in [1.54, 1.807) is 0 Å². The molecule has 3 aromatic rings. The number of thiophene rings is 1. The van der Waals surface area contributed by atoms with Gasteiger partial charge in [0, 0.05) is 30.1 Å². The summed E-state index contributed by atoms with van der Waals surface area (Å²) in [6, 6.07) is 13.6. The Morgan fingerprint density at radius 2 is 1.92 bits per heavy atom. The van der Waals surface area contributed by atoms with Crippen molar-refractivity contribution in [2.75, 3.05) is 31.2 Å². The number of nitrogens with zero attached hydrogens (tertiary/aromatic N) is 1. The van der Waals surface area contributed by atoms with Crippen LogP contribution in [0.2, 0.25) is 5.02 Å². The fourth-order valence-electron chi connectivity index (χ4n) is 4.50. The number of halogens is 2. The molecule has 1 saturated heterocycles. The van der Waals surface area contributed by atoms with Crippen LogP contribution in [-0.4, -0.2) is 43.5 Å². The number of carbonyl (C=O) groups excluding carboxylic acids is 1. The fourth-order valence-corrected chi connectivity index (χ4v) is 6.40. The highest BCUT2D eigenvalue weighted by Crippen LogP contribution is 2.45. The van der Waals surface area contributed by atoms with E-state index in [1.807, 2.05) is 41.1 Å². The highest BCUT2D eigenvalue weighted by Gasteiger charge is 2.44. The molecule has 11 heteroatoms. The molecule has 0 aliphatic carbocycles. The van der Waals surface area contributed by atoms with Gasteiger partial charge in [-0.25, -0.2) is 9.18 Å². The third-order valence-corrected chi connectivity index (χ3v) is 8.58. The van der Waals surface area contributed by atoms with Crippen molar-refractivity contribution in [3.8, 4) is 0 Å². The van der Waals surface area contributed by atoms with Crippen LogP contribution >= 0.6 is 34.7 Å². The fraction of sp³-hybridized carbons (Fsp3) is 0.231. The lowest BCUT2D eigenvalue weighted by Gasteiger charge is -2.39. The molecule has 0 bridgehead atoms. The number of morpholine rings is 1. The average Bonchev–Trinajstić information content (AvgIpc) is 3.43. The minimum atomic E-state index is -1.53. The van der Waals surface area contributed by atoms with E-state index in [0.29, 0.717) is 18.1 Å². The Kier molecular flexibility index (Phi) is 7.43. The third kappa shape index (κ3) is 5.33. The van der Waals surface area contributed by atoms with Crippen molar-refractivity contribution in [1.82, 2.24) is 5.32 Å². The van der Waals surface area contributed by atoms with Crippen molar-refractivity contribution in [3.63, 3.8) is 0 Å². The van der Waals surface area contributed by atoms with Crippen LogP contribution in [-0.2, 0) is 19.8 Å². The van der Waals surface area contributed by atoms with Gasteiger partial charge in [0.2, 0.25) is 0 Å². The second kappa shape index (κ2) is 10.7. The molecule has 2 aliphatic heterocycles. The maximum absolute atomic E-state index is 13.6. The van der Waals surface area contributed by atoms with E-state index in [4.69, 9.17) is 21.1 Å². The largest absolute Gasteiger partial charge is 0.511 e. The predicted molar refractivity (Wildman–Crippen MR) is 141 cm³/mol. The minimum absolute atomic E-state index is 0.00917. The zero-order chi connectivity index (χ0) is 26.0. The summed E-state index contributed by atoms with van der Waals surface area (Å²) in [5, 5.41) is 16.5. The van der Waals surface area contributed by atoms with Crippen molar-refractivity contribution in [1.29, 1.82) is 0 Å². The van der Waals surface area contributed by atoms with Gasteiger partial charge in [-0.1, -0.05) is 35.5 Å². The summed E-state index contributed by atoms with van der Waals surface area (Å²) in [5.41, 5.74) is 1.57. The molecular weight excluding hydrogens is 539 g/mol. The number of carbonyl (C=O) groups is 2. The molecule has 0 radical (unpaired) electrons. The highest BCUT2D eigenvalue weighted by atomic mass is 35.5. The molecular formula is C26H22ClFN2O5S2. The summed E-state index contributed by atoms with van der Waals surface area (Å²) in [5.74, 6) is -1.04.